The number of nitrogens with zero attached hydrogens (tertiary/aromatic N) is 2. The van der Waals surface area contributed by atoms with Gasteiger partial charge < -0.3 is 14.6 Å². The van der Waals surface area contributed by atoms with E-state index in [-0.39, 0.29) is 0 Å². The first-order valence-corrected chi connectivity index (χ1v) is 6.16. The van der Waals surface area contributed by atoms with Crippen LogP contribution in [-0.2, 0) is 0 Å². The maximum atomic E-state index is 5.26. The molecular formula is C15H13N3O2. The molecule has 0 spiro atoms. The molecule has 0 aliphatic rings. The molecule has 0 amide bonds. The summed E-state index contributed by atoms with van der Waals surface area (Å²) in [5.41, 5.74) is 1.67. The first kappa shape index (κ1) is 12.2. The zero-order valence-corrected chi connectivity index (χ0v) is 10.9. The smallest absolute Gasteiger partial charge is 0.268 e. The Morgan fingerprint density at radius 2 is 1.75 bits per heavy atom. The number of aromatic nitrogens is 2. The van der Waals surface area contributed by atoms with Gasteiger partial charge in [-0.25, -0.2) is 0 Å². The summed E-state index contributed by atoms with van der Waals surface area (Å²) in [6, 6.07) is 17.2. The summed E-state index contributed by atoms with van der Waals surface area (Å²) in [4.78, 5) is 4.31. The van der Waals surface area contributed by atoms with Crippen molar-refractivity contribution in [2.75, 3.05) is 12.4 Å². The van der Waals surface area contributed by atoms with E-state index in [0.29, 0.717) is 11.8 Å². The van der Waals surface area contributed by atoms with E-state index >= 15 is 0 Å². The van der Waals surface area contributed by atoms with Gasteiger partial charge in [0.15, 0.2) is 0 Å². The van der Waals surface area contributed by atoms with Crippen LogP contribution in [0.15, 0.2) is 59.1 Å². The molecule has 0 saturated heterocycles. The number of nitrogens with one attached hydrogen (secondary N) is 1. The molecule has 0 atom stereocenters. The molecule has 0 bridgehead atoms. The molecule has 3 rings (SSSR count). The van der Waals surface area contributed by atoms with Gasteiger partial charge in [0.1, 0.15) is 5.75 Å². The summed E-state index contributed by atoms with van der Waals surface area (Å²) in [6.45, 7) is 0. The number of ether oxygens (including phenoxy) is 1. The number of para-hydroxylation sites is 2. The van der Waals surface area contributed by atoms with E-state index < -0.39 is 0 Å². The average Bonchev–Trinajstić information content (AvgIpc) is 2.97. The molecule has 1 heterocycles. The molecule has 3 aromatic rings. The average molecular weight is 267 g/mol. The lowest BCUT2D eigenvalue weighted by Gasteiger charge is -2.06. The lowest BCUT2D eigenvalue weighted by Crippen LogP contribution is -1.95. The van der Waals surface area contributed by atoms with Crippen molar-refractivity contribution in [3.63, 3.8) is 0 Å². The largest absolute Gasteiger partial charge is 0.495 e. The second-order valence-corrected chi connectivity index (χ2v) is 4.11. The van der Waals surface area contributed by atoms with Crippen LogP contribution in [0.3, 0.4) is 0 Å². The molecule has 0 radical (unpaired) electrons. The maximum Gasteiger partial charge on any atom is 0.268 e. The summed E-state index contributed by atoms with van der Waals surface area (Å²) in [6.07, 6.45) is 0. The predicted molar refractivity (Wildman–Crippen MR) is 76.0 cm³/mol. The Morgan fingerprint density at radius 1 is 1.00 bits per heavy atom. The minimum atomic E-state index is 0.397. The normalized spacial score (nSPS) is 10.2. The Kier molecular flexibility index (Phi) is 3.33. The van der Waals surface area contributed by atoms with E-state index in [2.05, 4.69) is 15.5 Å². The quantitative estimate of drug-likeness (QED) is 0.784. The predicted octanol–water partition coefficient (Wildman–Crippen LogP) is 3.49. The van der Waals surface area contributed by atoms with Gasteiger partial charge in [-0.1, -0.05) is 30.3 Å². The summed E-state index contributed by atoms with van der Waals surface area (Å²) < 4.78 is 10.5. The van der Waals surface area contributed by atoms with Crippen LogP contribution in [0, 0.1) is 0 Å². The van der Waals surface area contributed by atoms with Crippen molar-refractivity contribution in [1.29, 1.82) is 0 Å². The number of anilines is 2. The van der Waals surface area contributed by atoms with Crippen LogP contribution in [0.2, 0.25) is 0 Å². The highest BCUT2D eigenvalue weighted by atomic mass is 16.5. The number of hydrogen-bond acceptors (Lipinski definition) is 5. The van der Waals surface area contributed by atoms with Gasteiger partial charge in [0.05, 0.1) is 12.8 Å². The summed E-state index contributed by atoms with van der Waals surface area (Å²) in [7, 11) is 1.62. The lowest BCUT2D eigenvalue weighted by atomic mass is 10.2. The van der Waals surface area contributed by atoms with Crippen LogP contribution in [0.1, 0.15) is 0 Å². The van der Waals surface area contributed by atoms with Crippen molar-refractivity contribution in [3.05, 3.63) is 54.6 Å². The van der Waals surface area contributed by atoms with Gasteiger partial charge in [-0.05, 0) is 29.4 Å². The molecule has 1 aromatic heterocycles. The fourth-order valence-corrected chi connectivity index (χ4v) is 1.84. The molecular weight excluding hydrogens is 254 g/mol. The molecule has 0 saturated carbocycles. The second kappa shape index (κ2) is 5.44. The van der Waals surface area contributed by atoms with Crippen molar-refractivity contribution in [2.45, 2.75) is 0 Å². The first-order chi connectivity index (χ1) is 9.86. The van der Waals surface area contributed by atoms with Gasteiger partial charge in [0.2, 0.25) is 0 Å². The Labute approximate surface area is 116 Å². The molecule has 0 aliphatic carbocycles. The van der Waals surface area contributed by atoms with E-state index in [4.69, 9.17) is 9.26 Å². The first-order valence-electron chi connectivity index (χ1n) is 6.16. The highest BCUT2D eigenvalue weighted by molar-refractivity contribution is 5.63. The fraction of sp³-hybridized carbons (Fsp3) is 0.0667. The van der Waals surface area contributed by atoms with E-state index in [0.717, 1.165) is 17.0 Å². The molecule has 20 heavy (non-hydrogen) atoms. The van der Waals surface area contributed by atoms with Gasteiger partial charge in [0, 0.05) is 5.56 Å². The SMILES string of the molecule is COc1ccccc1Nc1noc(-c2ccccc2)n1. The van der Waals surface area contributed by atoms with Gasteiger partial charge in [-0.15, -0.1) is 0 Å². The Balaban J connectivity index is 1.84. The zero-order valence-electron chi connectivity index (χ0n) is 10.9. The summed E-state index contributed by atoms with van der Waals surface area (Å²) in [5.74, 6) is 1.59. The highest BCUT2D eigenvalue weighted by Gasteiger charge is 2.10. The van der Waals surface area contributed by atoms with Crippen molar-refractivity contribution in [3.8, 4) is 17.2 Å². The van der Waals surface area contributed by atoms with Crippen LogP contribution in [0.4, 0.5) is 11.6 Å². The molecule has 5 nitrogen and oxygen atoms in total. The third kappa shape index (κ3) is 2.47. The van der Waals surface area contributed by atoms with Crippen molar-refractivity contribution in [2.24, 2.45) is 0 Å². The van der Waals surface area contributed by atoms with E-state index in [1.807, 2.05) is 54.6 Å². The van der Waals surface area contributed by atoms with Gasteiger partial charge >= 0.3 is 0 Å². The Morgan fingerprint density at radius 3 is 2.55 bits per heavy atom. The van der Waals surface area contributed by atoms with Gasteiger partial charge in [0.25, 0.3) is 11.8 Å². The standard InChI is InChI=1S/C15H13N3O2/c1-19-13-10-6-5-9-12(13)16-15-17-14(20-18-15)11-7-3-2-4-8-11/h2-10H,1H3,(H,16,18). The molecule has 0 unspecified atom stereocenters. The number of rotatable bonds is 4. The third-order valence-corrected chi connectivity index (χ3v) is 2.80. The van der Waals surface area contributed by atoms with Crippen LogP contribution >= 0.6 is 0 Å². The van der Waals surface area contributed by atoms with Crippen LogP contribution in [-0.4, -0.2) is 17.3 Å². The second-order valence-electron chi connectivity index (χ2n) is 4.11. The monoisotopic (exact) mass is 267 g/mol. The Hall–Kier alpha value is -2.82. The lowest BCUT2D eigenvalue weighted by molar-refractivity contribution is 0.416. The zero-order chi connectivity index (χ0) is 13.8. The van der Waals surface area contributed by atoms with Gasteiger partial charge in [-0.2, -0.15) is 4.98 Å². The molecule has 0 fully saturated rings. The van der Waals surface area contributed by atoms with Crippen LogP contribution in [0.5, 0.6) is 5.75 Å². The Bertz CT molecular complexity index is 695. The molecule has 2 aromatic carbocycles. The fourth-order valence-electron chi connectivity index (χ4n) is 1.84. The molecule has 5 heteroatoms. The maximum absolute atomic E-state index is 5.26. The topological polar surface area (TPSA) is 60.2 Å². The third-order valence-electron chi connectivity index (χ3n) is 2.80. The van der Waals surface area contributed by atoms with Crippen LogP contribution < -0.4 is 10.1 Å². The van der Waals surface area contributed by atoms with E-state index in [1.165, 1.54) is 0 Å². The molecule has 100 valence electrons. The van der Waals surface area contributed by atoms with Crippen LogP contribution in [0.25, 0.3) is 11.5 Å². The van der Waals surface area contributed by atoms with E-state index in [1.54, 1.807) is 7.11 Å². The molecule has 0 aliphatic heterocycles. The summed E-state index contributed by atoms with van der Waals surface area (Å²) >= 11 is 0. The van der Waals surface area contributed by atoms with Crippen molar-refractivity contribution < 1.29 is 9.26 Å². The number of methoxy groups -OCH3 is 1. The van der Waals surface area contributed by atoms with Crippen molar-refractivity contribution in [1.82, 2.24) is 10.1 Å². The van der Waals surface area contributed by atoms with Crippen molar-refractivity contribution >= 4 is 11.6 Å². The van der Waals surface area contributed by atoms with Gasteiger partial charge in [-0.3, -0.25) is 0 Å². The summed E-state index contributed by atoms with van der Waals surface area (Å²) in [5, 5.41) is 6.98. The highest BCUT2D eigenvalue weighted by Crippen LogP contribution is 2.26. The molecule has 1 N–H and O–H groups in total. The number of hydrogen-bond donors (Lipinski definition) is 1. The minimum absolute atomic E-state index is 0.397. The number of benzene rings is 2. The van der Waals surface area contributed by atoms with E-state index in [9.17, 15) is 0 Å². The minimum Gasteiger partial charge on any atom is -0.495 e.